The van der Waals surface area contributed by atoms with Crippen LogP contribution < -0.4 is 5.32 Å². The first-order valence-corrected chi connectivity index (χ1v) is 13.7. The number of aliphatic carboxylic acids is 1. The fourth-order valence-electron chi connectivity index (χ4n) is 4.82. The van der Waals surface area contributed by atoms with Crippen LogP contribution in [0.1, 0.15) is 65.9 Å². The zero-order chi connectivity index (χ0) is 28.3. The largest absolute Gasteiger partial charge is 0.481 e. The normalized spacial score (nSPS) is 18.9. The van der Waals surface area contributed by atoms with Gasteiger partial charge in [-0.1, -0.05) is 78.9 Å². The number of benzene rings is 3. The number of aliphatic hydroxyl groups is 1. The number of carboxylic acid groups (broad SMARTS) is 1. The number of likely N-dealkylation sites (N-methyl/N-ethyl adjacent to an activating group) is 1. The minimum absolute atomic E-state index is 0.000414. The maximum absolute atomic E-state index is 12.0. The van der Waals surface area contributed by atoms with Gasteiger partial charge < -0.3 is 25.0 Å². The summed E-state index contributed by atoms with van der Waals surface area (Å²) in [6.45, 7) is 1.93. The van der Waals surface area contributed by atoms with Crippen molar-refractivity contribution in [1.29, 1.82) is 0 Å². The third kappa shape index (κ3) is 8.99. The molecule has 0 bridgehead atoms. The molecule has 4 rings (SSSR count). The summed E-state index contributed by atoms with van der Waals surface area (Å²) in [7, 11) is 2.09. The van der Waals surface area contributed by atoms with Gasteiger partial charge in [0.25, 0.3) is 0 Å². The molecule has 3 N–H and O–H groups in total. The van der Waals surface area contributed by atoms with Gasteiger partial charge in [0.2, 0.25) is 5.91 Å². The second-order valence-corrected chi connectivity index (χ2v) is 10.3. The second-order valence-electron chi connectivity index (χ2n) is 10.3. The van der Waals surface area contributed by atoms with Crippen LogP contribution in [0, 0.1) is 0 Å². The van der Waals surface area contributed by atoms with Crippen molar-refractivity contribution in [2.75, 3.05) is 13.6 Å². The molecule has 0 saturated carbocycles. The second kappa shape index (κ2) is 14.7. The van der Waals surface area contributed by atoms with Crippen LogP contribution in [0.25, 0.3) is 0 Å². The van der Waals surface area contributed by atoms with Gasteiger partial charge in [-0.25, -0.2) is 0 Å². The summed E-state index contributed by atoms with van der Waals surface area (Å²) in [6.07, 6.45) is 0.438. The average molecular weight is 547 g/mol. The van der Waals surface area contributed by atoms with E-state index in [2.05, 4.69) is 29.4 Å². The van der Waals surface area contributed by atoms with Crippen molar-refractivity contribution in [3.05, 3.63) is 107 Å². The van der Waals surface area contributed by atoms with Gasteiger partial charge in [0.1, 0.15) is 0 Å². The van der Waals surface area contributed by atoms with Gasteiger partial charge in [-0.05, 0) is 35.7 Å². The van der Waals surface area contributed by atoms with E-state index in [9.17, 15) is 14.7 Å². The predicted molar refractivity (Wildman–Crippen MR) is 151 cm³/mol. The highest BCUT2D eigenvalue weighted by molar-refractivity contribution is 5.76. The summed E-state index contributed by atoms with van der Waals surface area (Å²) < 4.78 is 12.9. The molecule has 1 fully saturated rings. The van der Waals surface area contributed by atoms with Crippen molar-refractivity contribution in [3.63, 3.8) is 0 Å². The molecule has 8 nitrogen and oxygen atoms in total. The zero-order valence-electron chi connectivity index (χ0n) is 22.9. The van der Waals surface area contributed by atoms with Crippen molar-refractivity contribution in [1.82, 2.24) is 10.2 Å². The SMILES string of the molecule is CN(Cc1ccccc1)C[C@H]1C[C@@H](c2ccc(CO)cc2)O[C@@H](c2ccc(CNC(=O)CCCC(=O)O)cc2)O1. The molecule has 0 aliphatic carbocycles. The van der Waals surface area contributed by atoms with Gasteiger partial charge in [0, 0.05) is 44.5 Å². The Hall–Kier alpha value is -3.56. The maximum Gasteiger partial charge on any atom is 0.303 e. The van der Waals surface area contributed by atoms with Crippen molar-refractivity contribution < 1.29 is 29.3 Å². The van der Waals surface area contributed by atoms with E-state index in [1.54, 1.807) is 0 Å². The molecule has 1 amide bonds. The van der Waals surface area contributed by atoms with Crippen molar-refractivity contribution in [3.8, 4) is 0 Å². The highest BCUT2D eigenvalue weighted by Crippen LogP contribution is 2.38. The number of hydrogen-bond donors (Lipinski definition) is 3. The van der Waals surface area contributed by atoms with Crippen LogP contribution in [0.3, 0.4) is 0 Å². The Morgan fingerprint density at radius 1 is 0.875 bits per heavy atom. The first-order valence-electron chi connectivity index (χ1n) is 13.7. The molecule has 1 aliphatic rings. The van der Waals surface area contributed by atoms with Gasteiger partial charge in [-0.15, -0.1) is 0 Å². The summed E-state index contributed by atoms with van der Waals surface area (Å²) in [5, 5.41) is 21.0. The fraction of sp³-hybridized carbons (Fsp3) is 0.375. The molecular weight excluding hydrogens is 508 g/mol. The highest BCUT2D eigenvalue weighted by atomic mass is 16.7. The van der Waals surface area contributed by atoms with Gasteiger partial charge in [0.15, 0.2) is 6.29 Å². The Kier molecular flexibility index (Phi) is 10.8. The topological polar surface area (TPSA) is 108 Å². The minimum Gasteiger partial charge on any atom is -0.481 e. The van der Waals surface area contributed by atoms with E-state index in [-0.39, 0.29) is 37.6 Å². The van der Waals surface area contributed by atoms with E-state index in [0.29, 0.717) is 19.4 Å². The Bertz CT molecular complexity index is 1220. The number of nitrogens with zero attached hydrogens (tertiary/aromatic N) is 1. The van der Waals surface area contributed by atoms with E-state index in [0.717, 1.165) is 35.3 Å². The lowest BCUT2D eigenvalue weighted by Gasteiger charge is -2.38. The molecule has 0 unspecified atom stereocenters. The standard InChI is InChI=1S/C32H38N2O6/c1-34(20-24-6-3-2-4-7-24)21-28-18-29(26-14-12-25(22-35)13-15-26)40-32(39-28)27-16-10-23(11-17-27)19-33-30(36)8-5-9-31(37)38/h2-4,6-7,10-17,28-29,32,35H,5,8-9,18-22H2,1H3,(H,33,36)(H,37,38)/t28-,29+,32+/m1/s1. The van der Waals surface area contributed by atoms with Crippen LogP contribution in [0.4, 0.5) is 0 Å². The smallest absolute Gasteiger partial charge is 0.303 e. The molecule has 40 heavy (non-hydrogen) atoms. The number of carboxylic acids is 1. The minimum atomic E-state index is -0.898. The molecule has 3 aromatic carbocycles. The number of carbonyl (C=O) groups excluding carboxylic acids is 1. The van der Waals surface area contributed by atoms with Crippen LogP contribution in [0.2, 0.25) is 0 Å². The molecule has 1 heterocycles. The van der Waals surface area contributed by atoms with Crippen LogP contribution in [0.15, 0.2) is 78.9 Å². The summed E-state index contributed by atoms with van der Waals surface area (Å²) in [6, 6.07) is 26.0. The molecule has 1 saturated heterocycles. The molecule has 212 valence electrons. The molecule has 0 aromatic heterocycles. The first-order chi connectivity index (χ1) is 19.4. The highest BCUT2D eigenvalue weighted by Gasteiger charge is 2.32. The van der Waals surface area contributed by atoms with Crippen LogP contribution >= 0.6 is 0 Å². The van der Waals surface area contributed by atoms with E-state index in [1.807, 2.05) is 66.7 Å². The molecule has 8 heteroatoms. The number of carbonyl (C=O) groups is 2. The number of hydrogen-bond acceptors (Lipinski definition) is 6. The van der Waals surface area contributed by atoms with Gasteiger partial charge in [-0.3, -0.25) is 14.5 Å². The zero-order valence-corrected chi connectivity index (χ0v) is 22.9. The number of nitrogens with one attached hydrogen (secondary N) is 1. The van der Waals surface area contributed by atoms with E-state index >= 15 is 0 Å². The Morgan fingerprint density at radius 3 is 2.23 bits per heavy atom. The van der Waals surface area contributed by atoms with E-state index in [4.69, 9.17) is 14.6 Å². The summed E-state index contributed by atoms with van der Waals surface area (Å²) >= 11 is 0. The molecule has 0 radical (unpaired) electrons. The van der Waals surface area contributed by atoms with E-state index < -0.39 is 12.3 Å². The molecular formula is C32H38N2O6. The summed E-state index contributed by atoms with van der Waals surface area (Å²) in [4.78, 5) is 24.9. The number of amides is 1. The van der Waals surface area contributed by atoms with Crippen molar-refractivity contribution >= 4 is 11.9 Å². The average Bonchev–Trinajstić information content (AvgIpc) is 2.96. The first kappa shape index (κ1) is 29.4. The molecule has 3 aromatic rings. The van der Waals surface area contributed by atoms with Crippen LogP contribution in [-0.4, -0.2) is 46.7 Å². The quantitative estimate of drug-likeness (QED) is 0.285. The number of rotatable bonds is 13. The predicted octanol–water partition coefficient (Wildman–Crippen LogP) is 4.73. The van der Waals surface area contributed by atoms with E-state index in [1.165, 1.54) is 5.56 Å². The molecule has 0 spiro atoms. The Balaban J connectivity index is 1.41. The van der Waals surface area contributed by atoms with Gasteiger partial charge in [0.05, 0.1) is 18.8 Å². The Morgan fingerprint density at radius 2 is 1.55 bits per heavy atom. The monoisotopic (exact) mass is 546 g/mol. The summed E-state index contributed by atoms with van der Waals surface area (Å²) in [5.74, 6) is -1.06. The van der Waals surface area contributed by atoms with Crippen LogP contribution in [-0.2, 0) is 38.8 Å². The van der Waals surface area contributed by atoms with Crippen molar-refractivity contribution in [2.45, 2.75) is 63.9 Å². The fourth-order valence-corrected chi connectivity index (χ4v) is 4.82. The molecule has 1 aliphatic heterocycles. The lowest BCUT2D eigenvalue weighted by Crippen LogP contribution is -2.37. The third-order valence-electron chi connectivity index (χ3n) is 6.96. The van der Waals surface area contributed by atoms with Crippen LogP contribution in [0.5, 0.6) is 0 Å². The molecule has 3 atom stereocenters. The van der Waals surface area contributed by atoms with Crippen molar-refractivity contribution in [2.24, 2.45) is 0 Å². The third-order valence-corrected chi connectivity index (χ3v) is 6.96. The maximum atomic E-state index is 12.0. The number of aliphatic hydroxyl groups excluding tert-OH is 1. The Labute approximate surface area is 235 Å². The number of ether oxygens (including phenoxy) is 2. The lowest BCUT2D eigenvalue weighted by atomic mass is 9.99. The lowest BCUT2D eigenvalue weighted by molar-refractivity contribution is -0.252. The summed E-state index contributed by atoms with van der Waals surface area (Å²) in [5.41, 5.74) is 4.97. The van der Waals surface area contributed by atoms with Gasteiger partial charge >= 0.3 is 5.97 Å². The van der Waals surface area contributed by atoms with Gasteiger partial charge in [-0.2, -0.15) is 0 Å².